The molecule has 0 radical (unpaired) electrons. The molecule has 2 aromatic heterocycles. The van der Waals surface area contributed by atoms with E-state index in [0.29, 0.717) is 26.2 Å². The van der Waals surface area contributed by atoms with Crippen LogP contribution in [0.2, 0.25) is 0 Å². The van der Waals surface area contributed by atoms with Crippen LogP contribution in [0.25, 0.3) is 0 Å². The minimum Gasteiger partial charge on any atom is -0.348 e. The third-order valence-corrected chi connectivity index (χ3v) is 6.39. The molecule has 0 saturated heterocycles. The van der Waals surface area contributed by atoms with Crippen LogP contribution in [0.5, 0.6) is 0 Å². The summed E-state index contributed by atoms with van der Waals surface area (Å²) in [7, 11) is -3.51. The second kappa shape index (κ2) is 10.5. The average molecular weight is 432 g/mol. The van der Waals surface area contributed by atoms with Gasteiger partial charge in [-0.3, -0.25) is 4.90 Å². The smallest absolute Gasteiger partial charge is 0.240 e. The molecule has 0 fully saturated rings. The molecule has 30 heavy (non-hydrogen) atoms. The van der Waals surface area contributed by atoms with Crippen molar-refractivity contribution >= 4 is 10.0 Å². The first kappa shape index (κ1) is 22.2. The zero-order chi connectivity index (χ0) is 21.4. The summed E-state index contributed by atoms with van der Waals surface area (Å²) >= 11 is 0. The van der Waals surface area contributed by atoms with Crippen LogP contribution < -0.4 is 10.5 Å². The first-order chi connectivity index (χ1) is 14.5. The van der Waals surface area contributed by atoms with Crippen molar-refractivity contribution in [1.29, 1.82) is 0 Å². The number of hydrogen-bond acceptors (Lipinski definition) is 6. The van der Waals surface area contributed by atoms with E-state index in [1.807, 2.05) is 12.1 Å². The van der Waals surface area contributed by atoms with Gasteiger partial charge in [-0.05, 0) is 44.0 Å². The van der Waals surface area contributed by atoms with Crippen LogP contribution in [0.15, 0.2) is 53.9 Å². The largest absolute Gasteiger partial charge is 0.348 e. The first-order valence-corrected chi connectivity index (χ1v) is 11.5. The lowest BCUT2D eigenvalue weighted by Gasteiger charge is -2.27. The number of nitrogens with two attached hydrogens (primary N) is 1. The molecule has 2 heterocycles. The Bertz CT molecular complexity index is 971. The Labute approximate surface area is 177 Å². The molecule has 1 unspecified atom stereocenters. The summed E-state index contributed by atoms with van der Waals surface area (Å²) in [5, 5.41) is 0. The van der Waals surface area contributed by atoms with E-state index in [0.717, 1.165) is 30.1 Å². The third-order valence-electron chi connectivity index (χ3n) is 4.91. The van der Waals surface area contributed by atoms with Crippen molar-refractivity contribution in [3.63, 3.8) is 0 Å². The van der Waals surface area contributed by atoms with Crippen molar-refractivity contribution < 1.29 is 8.42 Å². The van der Waals surface area contributed by atoms with E-state index in [1.165, 1.54) is 0 Å². The molecule has 0 bridgehead atoms. The fourth-order valence-electron chi connectivity index (χ4n) is 3.15. The van der Waals surface area contributed by atoms with Crippen LogP contribution in [-0.4, -0.2) is 46.3 Å². The Hall–Kier alpha value is -2.53. The summed E-state index contributed by atoms with van der Waals surface area (Å²) in [6.07, 6.45) is 8.58. The number of rotatable bonds is 12. The Morgan fingerprint density at radius 1 is 1.07 bits per heavy atom. The number of benzene rings is 1. The van der Waals surface area contributed by atoms with E-state index in [1.54, 1.807) is 36.9 Å². The predicted molar refractivity (Wildman–Crippen MR) is 115 cm³/mol. The summed E-state index contributed by atoms with van der Waals surface area (Å²) in [6, 6.07) is 7.00. The maximum atomic E-state index is 12.4. The standard InChI is InChI=1S/C20H29N7O2S/c1-16(20-24-12-13-25-20)27(15-19-22-10-11-23-19)14-17-4-6-18(7-5-17)30(28,29)26-9-3-2-8-21/h4-7,10-13,16,26H,2-3,8-9,14-15,21H2,1H3,(H,22,23)(H,24,25). The summed E-state index contributed by atoms with van der Waals surface area (Å²) < 4.78 is 27.5. The summed E-state index contributed by atoms with van der Waals surface area (Å²) in [4.78, 5) is 17.5. The van der Waals surface area contributed by atoms with E-state index in [2.05, 4.69) is 36.5 Å². The van der Waals surface area contributed by atoms with Gasteiger partial charge >= 0.3 is 0 Å². The van der Waals surface area contributed by atoms with Gasteiger partial charge < -0.3 is 15.7 Å². The molecule has 0 saturated carbocycles. The topological polar surface area (TPSA) is 133 Å². The van der Waals surface area contributed by atoms with Crippen LogP contribution in [0.4, 0.5) is 0 Å². The van der Waals surface area contributed by atoms with Gasteiger partial charge in [-0.25, -0.2) is 23.1 Å². The number of aromatic nitrogens is 4. The zero-order valence-corrected chi connectivity index (χ0v) is 17.9. The van der Waals surface area contributed by atoms with Crippen molar-refractivity contribution in [3.8, 4) is 0 Å². The highest BCUT2D eigenvalue weighted by Crippen LogP contribution is 2.22. The van der Waals surface area contributed by atoms with E-state index in [9.17, 15) is 8.42 Å². The summed E-state index contributed by atoms with van der Waals surface area (Å²) in [5.41, 5.74) is 6.45. The van der Waals surface area contributed by atoms with Crippen molar-refractivity contribution in [3.05, 3.63) is 66.3 Å². The van der Waals surface area contributed by atoms with Crippen LogP contribution >= 0.6 is 0 Å². The van der Waals surface area contributed by atoms with Gasteiger partial charge in [0.15, 0.2) is 0 Å². The van der Waals surface area contributed by atoms with Crippen molar-refractivity contribution in [1.82, 2.24) is 29.6 Å². The van der Waals surface area contributed by atoms with Crippen molar-refractivity contribution in [2.75, 3.05) is 13.1 Å². The van der Waals surface area contributed by atoms with Crippen LogP contribution in [0, 0.1) is 0 Å². The fourth-order valence-corrected chi connectivity index (χ4v) is 4.23. The van der Waals surface area contributed by atoms with Gasteiger partial charge in [-0.2, -0.15) is 0 Å². The first-order valence-electron chi connectivity index (χ1n) is 10.00. The maximum Gasteiger partial charge on any atom is 0.240 e. The van der Waals surface area contributed by atoms with Gasteiger partial charge in [0.2, 0.25) is 10.0 Å². The van der Waals surface area contributed by atoms with Gasteiger partial charge in [-0.1, -0.05) is 12.1 Å². The third kappa shape index (κ3) is 5.99. The molecular formula is C20H29N7O2S. The van der Waals surface area contributed by atoms with Gasteiger partial charge in [-0.15, -0.1) is 0 Å². The molecule has 9 nitrogen and oxygen atoms in total. The highest BCUT2D eigenvalue weighted by atomic mass is 32.2. The van der Waals surface area contributed by atoms with Crippen LogP contribution in [0.3, 0.4) is 0 Å². The molecule has 162 valence electrons. The van der Waals surface area contributed by atoms with Crippen LogP contribution in [0.1, 0.15) is 43.0 Å². The fraction of sp³-hybridized carbons (Fsp3) is 0.400. The SMILES string of the molecule is CC(c1ncc[nH]1)N(Cc1ccc(S(=O)(=O)NCCCCN)cc1)Cc1ncc[nH]1. The second-order valence-electron chi connectivity index (χ2n) is 7.13. The van der Waals surface area contributed by atoms with Crippen LogP contribution in [-0.2, 0) is 23.1 Å². The maximum absolute atomic E-state index is 12.4. The Morgan fingerprint density at radius 2 is 1.80 bits per heavy atom. The lowest BCUT2D eigenvalue weighted by molar-refractivity contribution is 0.181. The predicted octanol–water partition coefficient (Wildman–Crippen LogP) is 1.91. The zero-order valence-electron chi connectivity index (χ0n) is 17.1. The molecular weight excluding hydrogens is 402 g/mol. The Kier molecular flexibility index (Phi) is 7.75. The summed E-state index contributed by atoms with van der Waals surface area (Å²) in [6.45, 7) is 4.25. The second-order valence-corrected chi connectivity index (χ2v) is 8.90. The number of sulfonamides is 1. The number of hydrogen-bond donors (Lipinski definition) is 4. The average Bonchev–Trinajstić information content (AvgIpc) is 3.45. The van der Waals surface area contributed by atoms with Gasteiger partial charge in [0.05, 0.1) is 17.5 Å². The molecule has 1 aromatic carbocycles. The molecule has 5 N–H and O–H groups in total. The Balaban J connectivity index is 1.70. The highest BCUT2D eigenvalue weighted by Gasteiger charge is 2.20. The number of imidazole rings is 2. The Morgan fingerprint density at radius 3 is 2.43 bits per heavy atom. The van der Waals surface area contributed by atoms with E-state index < -0.39 is 10.0 Å². The van der Waals surface area contributed by atoms with Gasteiger partial charge in [0.1, 0.15) is 11.6 Å². The number of H-pyrrole nitrogens is 2. The number of nitrogens with zero attached hydrogens (tertiary/aromatic N) is 3. The highest BCUT2D eigenvalue weighted by molar-refractivity contribution is 7.89. The molecule has 0 aliphatic heterocycles. The molecule has 0 aliphatic carbocycles. The van der Waals surface area contributed by atoms with Crippen molar-refractivity contribution in [2.24, 2.45) is 5.73 Å². The molecule has 3 aromatic rings. The molecule has 0 spiro atoms. The van der Waals surface area contributed by atoms with E-state index in [-0.39, 0.29) is 10.9 Å². The van der Waals surface area contributed by atoms with Gasteiger partial charge in [0, 0.05) is 37.9 Å². The normalized spacial score (nSPS) is 13.0. The summed E-state index contributed by atoms with van der Waals surface area (Å²) in [5.74, 6) is 1.72. The monoisotopic (exact) mass is 431 g/mol. The van der Waals surface area contributed by atoms with Gasteiger partial charge in [0.25, 0.3) is 0 Å². The minimum atomic E-state index is -3.51. The molecule has 0 amide bonds. The molecule has 3 rings (SSSR count). The number of nitrogens with one attached hydrogen (secondary N) is 3. The van der Waals surface area contributed by atoms with Crippen molar-refractivity contribution in [2.45, 2.75) is 43.8 Å². The molecule has 10 heteroatoms. The quantitative estimate of drug-likeness (QED) is 0.324. The lowest BCUT2D eigenvalue weighted by Crippen LogP contribution is -2.28. The molecule has 1 atom stereocenters. The van der Waals surface area contributed by atoms with E-state index in [4.69, 9.17) is 5.73 Å². The number of unbranched alkanes of at least 4 members (excludes halogenated alkanes) is 1. The molecule has 0 aliphatic rings. The number of aromatic amines is 2. The lowest BCUT2D eigenvalue weighted by atomic mass is 10.1. The van der Waals surface area contributed by atoms with E-state index >= 15 is 0 Å². The minimum absolute atomic E-state index is 0.0257.